The smallest absolute Gasteiger partial charge is 0.131 e. The van der Waals surface area contributed by atoms with Crippen molar-refractivity contribution in [3.8, 4) is 0 Å². The third-order valence-electron chi connectivity index (χ3n) is 3.70. The van der Waals surface area contributed by atoms with E-state index in [1.54, 1.807) is 6.33 Å². The van der Waals surface area contributed by atoms with Gasteiger partial charge in [-0.05, 0) is 45.6 Å². The lowest BCUT2D eigenvalue weighted by Crippen LogP contribution is -2.33. The molecule has 0 bridgehead atoms. The van der Waals surface area contributed by atoms with E-state index in [1.165, 1.54) is 19.3 Å². The van der Waals surface area contributed by atoms with Crippen LogP contribution in [0.2, 0.25) is 0 Å². The molecule has 0 unspecified atom stereocenters. The van der Waals surface area contributed by atoms with Crippen molar-refractivity contribution in [2.45, 2.75) is 45.1 Å². The van der Waals surface area contributed by atoms with Crippen LogP contribution in [0.5, 0.6) is 0 Å². The monoisotopic (exact) mass is 263 g/mol. The lowest BCUT2D eigenvalue weighted by atomic mass is 9.85. The fourth-order valence-electron chi connectivity index (χ4n) is 2.24. The molecule has 0 amide bonds. The summed E-state index contributed by atoms with van der Waals surface area (Å²) in [5.41, 5.74) is 5.57. The van der Waals surface area contributed by atoms with Crippen molar-refractivity contribution in [1.82, 2.24) is 9.97 Å². The predicted octanol–water partition coefficient (Wildman–Crippen LogP) is 2.23. The molecule has 5 heteroatoms. The third kappa shape index (κ3) is 4.35. The molecule has 1 saturated carbocycles. The van der Waals surface area contributed by atoms with Crippen LogP contribution in [0.25, 0.3) is 0 Å². The summed E-state index contributed by atoms with van der Waals surface area (Å²) in [6, 6.07) is 1.97. The Morgan fingerprint density at radius 3 is 2.68 bits per heavy atom. The summed E-state index contributed by atoms with van der Waals surface area (Å²) in [6.07, 6.45) is 6.56. The van der Waals surface area contributed by atoms with Crippen molar-refractivity contribution in [3.63, 3.8) is 0 Å². The Balaban J connectivity index is 1.90. The lowest BCUT2D eigenvalue weighted by molar-refractivity contribution is 0.333. The van der Waals surface area contributed by atoms with Gasteiger partial charge in [-0.1, -0.05) is 6.42 Å². The zero-order valence-corrected chi connectivity index (χ0v) is 11.9. The summed E-state index contributed by atoms with van der Waals surface area (Å²) >= 11 is 0. The summed E-state index contributed by atoms with van der Waals surface area (Å²) in [4.78, 5) is 8.52. The molecule has 5 nitrogen and oxygen atoms in total. The first-order valence-electron chi connectivity index (χ1n) is 7.13. The molecule has 0 radical (unpaired) electrons. The van der Waals surface area contributed by atoms with E-state index in [0.717, 1.165) is 30.5 Å². The number of nitrogens with two attached hydrogens (primary N) is 1. The van der Waals surface area contributed by atoms with Gasteiger partial charge in [-0.3, -0.25) is 0 Å². The topological polar surface area (TPSA) is 75.9 Å². The summed E-state index contributed by atoms with van der Waals surface area (Å²) in [5.74, 6) is 2.57. The van der Waals surface area contributed by atoms with Crippen LogP contribution in [-0.2, 0) is 0 Å². The zero-order valence-electron chi connectivity index (χ0n) is 11.9. The van der Waals surface area contributed by atoms with E-state index in [4.69, 9.17) is 5.73 Å². The van der Waals surface area contributed by atoms with Crippen LogP contribution in [0.4, 0.5) is 11.6 Å². The molecule has 1 aliphatic carbocycles. The first-order chi connectivity index (χ1) is 9.09. The predicted molar refractivity (Wildman–Crippen MR) is 79.2 cm³/mol. The van der Waals surface area contributed by atoms with Crippen molar-refractivity contribution in [1.29, 1.82) is 0 Å². The van der Waals surface area contributed by atoms with Gasteiger partial charge >= 0.3 is 0 Å². The van der Waals surface area contributed by atoms with Gasteiger partial charge in [0.05, 0.1) is 0 Å². The normalized spacial score (nSPS) is 15.9. The van der Waals surface area contributed by atoms with Gasteiger partial charge < -0.3 is 16.4 Å². The number of rotatable bonds is 7. The fourth-order valence-corrected chi connectivity index (χ4v) is 2.24. The molecule has 1 heterocycles. The molecular formula is C14H25N5. The Morgan fingerprint density at radius 1 is 1.32 bits per heavy atom. The first-order valence-corrected chi connectivity index (χ1v) is 7.13. The third-order valence-corrected chi connectivity index (χ3v) is 3.70. The molecule has 1 aromatic rings. The average molecular weight is 263 g/mol. The van der Waals surface area contributed by atoms with Crippen LogP contribution in [0, 0.1) is 5.92 Å². The van der Waals surface area contributed by atoms with Gasteiger partial charge in [-0.15, -0.1) is 0 Å². The van der Waals surface area contributed by atoms with E-state index in [0.29, 0.717) is 6.54 Å². The number of hydrogen-bond acceptors (Lipinski definition) is 5. The highest BCUT2D eigenvalue weighted by Gasteiger charge is 2.18. The molecule has 0 aliphatic heterocycles. The maximum Gasteiger partial charge on any atom is 0.131 e. The molecule has 106 valence electrons. The van der Waals surface area contributed by atoms with Crippen LogP contribution in [0.15, 0.2) is 12.4 Å². The van der Waals surface area contributed by atoms with Gasteiger partial charge in [0.25, 0.3) is 0 Å². The molecule has 4 N–H and O–H groups in total. The molecule has 19 heavy (non-hydrogen) atoms. The number of nitrogens with one attached hydrogen (secondary N) is 2. The summed E-state index contributed by atoms with van der Waals surface area (Å²) < 4.78 is 0. The minimum atomic E-state index is -0.0473. The summed E-state index contributed by atoms with van der Waals surface area (Å²) in [5, 5.41) is 6.79. The fraction of sp³-hybridized carbons (Fsp3) is 0.714. The second-order valence-corrected chi connectivity index (χ2v) is 6.01. The Morgan fingerprint density at radius 2 is 2.05 bits per heavy atom. The Labute approximate surface area is 115 Å². The van der Waals surface area contributed by atoms with Gasteiger partial charge in [0.1, 0.15) is 18.0 Å². The second kappa shape index (κ2) is 6.19. The minimum Gasteiger partial charge on any atom is -0.370 e. The molecule has 1 fully saturated rings. The van der Waals surface area contributed by atoms with E-state index in [9.17, 15) is 0 Å². The molecule has 0 saturated heterocycles. The van der Waals surface area contributed by atoms with Gasteiger partial charge in [-0.25, -0.2) is 9.97 Å². The van der Waals surface area contributed by atoms with Crippen molar-refractivity contribution in [2.24, 2.45) is 11.7 Å². The van der Waals surface area contributed by atoms with Crippen LogP contribution in [-0.4, -0.2) is 28.6 Å². The van der Waals surface area contributed by atoms with E-state index < -0.39 is 0 Å². The standard InChI is InChI=1S/C14H25N5/c1-14(2,6-7-15)19-13-8-12(17-10-18-13)16-9-11-4-3-5-11/h8,10-11H,3-7,9,15H2,1-2H3,(H2,16,17,18,19). The number of hydrogen-bond donors (Lipinski definition) is 3. The molecule has 1 aliphatic rings. The van der Waals surface area contributed by atoms with Crippen LogP contribution in [0.1, 0.15) is 39.5 Å². The Hall–Kier alpha value is -1.36. The SMILES string of the molecule is CC(C)(CCN)Nc1cc(NCC2CCC2)ncn1. The summed E-state index contributed by atoms with van der Waals surface area (Å²) in [7, 11) is 0. The van der Waals surface area contributed by atoms with Crippen LogP contribution in [0.3, 0.4) is 0 Å². The maximum absolute atomic E-state index is 5.62. The minimum absolute atomic E-state index is 0.0473. The van der Waals surface area contributed by atoms with Crippen LogP contribution >= 0.6 is 0 Å². The maximum atomic E-state index is 5.62. The highest BCUT2D eigenvalue weighted by Crippen LogP contribution is 2.26. The van der Waals surface area contributed by atoms with Gasteiger partial charge in [0.2, 0.25) is 0 Å². The molecule has 2 rings (SSSR count). The van der Waals surface area contributed by atoms with Crippen molar-refractivity contribution in [3.05, 3.63) is 12.4 Å². The number of nitrogens with zero attached hydrogens (tertiary/aromatic N) is 2. The number of anilines is 2. The molecule has 0 atom stereocenters. The van der Waals surface area contributed by atoms with Crippen molar-refractivity contribution >= 4 is 11.6 Å². The quantitative estimate of drug-likeness (QED) is 0.703. The van der Waals surface area contributed by atoms with Gasteiger partial charge in [-0.2, -0.15) is 0 Å². The zero-order chi connectivity index (χ0) is 13.7. The summed E-state index contributed by atoms with van der Waals surface area (Å²) in [6.45, 7) is 5.94. The largest absolute Gasteiger partial charge is 0.370 e. The van der Waals surface area contributed by atoms with E-state index >= 15 is 0 Å². The second-order valence-electron chi connectivity index (χ2n) is 6.01. The van der Waals surface area contributed by atoms with Crippen LogP contribution < -0.4 is 16.4 Å². The van der Waals surface area contributed by atoms with E-state index in [2.05, 4.69) is 34.4 Å². The van der Waals surface area contributed by atoms with E-state index in [1.807, 2.05) is 6.07 Å². The Bertz CT molecular complexity index is 401. The lowest BCUT2D eigenvalue weighted by Gasteiger charge is -2.27. The van der Waals surface area contributed by atoms with Gasteiger partial charge in [0.15, 0.2) is 0 Å². The van der Waals surface area contributed by atoms with Crippen molar-refractivity contribution in [2.75, 3.05) is 23.7 Å². The molecular weight excluding hydrogens is 238 g/mol. The highest BCUT2D eigenvalue weighted by atomic mass is 15.1. The first kappa shape index (κ1) is 14.1. The number of aromatic nitrogens is 2. The van der Waals surface area contributed by atoms with E-state index in [-0.39, 0.29) is 5.54 Å². The Kier molecular flexibility index (Phi) is 4.58. The molecule has 0 aromatic carbocycles. The van der Waals surface area contributed by atoms with Crippen molar-refractivity contribution < 1.29 is 0 Å². The van der Waals surface area contributed by atoms with Gasteiger partial charge in [0, 0.05) is 18.2 Å². The molecule has 1 aromatic heterocycles. The highest BCUT2D eigenvalue weighted by molar-refractivity contribution is 5.47. The average Bonchev–Trinajstić information content (AvgIpc) is 2.26. The molecule has 0 spiro atoms.